The quantitative estimate of drug-likeness (QED) is 0.629. The van der Waals surface area contributed by atoms with E-state index in [4.69, 9.17) is 14.2 Å². The molecule has 5 heteroatoms. The van der Waals surface area contributed by atoms with Crippen molar-refractivity contribution in [1.29, 1.82) is 0 Å². The van der Waals surface area contributed by atoms with Crippen molar-refractivity contribution in [3.8, 4) is 5.88 Å². The van der Waals surface area contributed by atoms with E-state index in [0.29, 0.717) is 32.3 Å². The van der Waals surface area contributed by atoms with Gasteiger partial charge in [0.05, 0.1) is 19.8 Å². The van der Waals surface area contributed by atoms with Crippen LogP contribution in [0.2, 0.25) is 0 Å². The van der Waals surface area contributed by atoms with Gasteiger partial charge in [0.25, 0.3) is 0 Å². The topological polar surface area (TPSA) is 52.6 Å². The first kappa shape index (κ1) is 16.9. The summed E-state index contributed by atoms with van der Waals surface area (Å²) in [5.74, 6) is 0.690. The smallest absolute Gasteiger partial charge is 0.213 e. The molecule has 20 heavy (non-hydrogen) atoms. The zero-order valence-electron chi connectivity index (χ0n) is 12.8. The number of methoxy groups -OCH3 is 1. The van der Waals surface area contributed by atoms with Crippen LogP contribution in [0, 0.1) is 6.92 Å². The molecule has 1 rings (SSSR count). The van der Waals surface area contributed by atoms with Crippen LogP contribution in [-0.4, -0.2) is 45.1 Å². The SMILES string of the molecule is CCNCc1cc(C)nc(OCCCOCCOC)c1. The summed E-state index contributed by atoms with van der Waals surface area (Å²) in [7, 11) is 1.67. The number of aryl methyl sites for hydroxylation is 1. The molecule has 1 aromatic rings. The van der Waals surface area contributed by atoms with Gasteiger partial charge in [-0.3, -0.25) is 0 Å². The molecular formula is C15H26N2O3. The molecule has 0 unspecified atom stereocenters. The Morgan fingerprint density at radius 3 is 2.75 bits per heavy atom. The van der Waals surface area contributed by atoms with E-state index in [9.17, 15) is 0 Å². The maximum absolute atomic E-state index is 5.66. The number of rotatable bonds is 11. The Balaban J connectivity index is 2.26. The van der Waals surface area contributed by atoms with Crippen LogP contribution in [0.15, 0.2) is 12.1 Å². The van der Waals surface area contributed by atoms with E-state index in [0.717, 1.165) is 25.2 Å². The van der Waals surface area contributed by atoms with Crippen molar-refractivity contribution in [3.05, 3.63) is 23.4 Å². The van der Waals surface area contributed by atoms with Crippen molar-refractivity contribution in [3.63, 3.8) is 0 Å². The molecule has 0 radical (unpaired) electrons. The minimum atomic E-state index is 0.615. The largest absolute Gasteiger partial charge is 0.478 e. The minimum Gasteiger partial charge on any atom is -0.478 e. The lowest BCUT2D eigenvalue weighted by Crippen LogP contribution is -2.12. The zero-order valence-corrected chi connectivity index (χ0v) is 12.8. The Kier molecular flexibility index (Phi) is 8.95. The van der Waals surface area contributed by atoms with Crippen LogP contribution >= 0.6 is 0 Å². The first-order chi connectivity index (χ1) is 9.76. The summed E-state index contributed by atoms with van der Waals surface area (Å²) in [6.07, 6.45) is 0.849. The predicted molar refractivity (Wildman–Crippen MR) is 79.2 cm³/mol. The van der Waals surface area contributed by atoms with Gasteiger partial charge in [-0.15, -0.1) is 0 Å². The van der Waals surface area contributed by atoms with Crippen molar-refractivity contribution in [2.75, 3.05) is 40.1 Å². The average Bonchev–Trinajstić information content (AvgIpc) is 2.43. The minimum absolute atomic E-state index is 0.615. The average molecular weight is 282 g/mol. The fourth-order valence-electron chi connectivity index (χ4n) is 1.73. The number of hydrogen-bond acceptors (Lipinski definition) is 5. The van der Waals surface area contributed by atoms with Gasteiger partial charge < -0.3 is 19.5 Å². The number of aromatic nitrogens is 1. The van der Waals surface area contributed by atoms with E-state index in [1.807, 2.05) is 13.0 Å². The molecule has 5 nitrogen and oxygen atoms in total. The second-order valence-electron chi connectivity index (χ2n) is 4.54. The zero-order chi connectivity index (χ0) is 14.6. The van der Waals surface area contributed by atoms with Gasteiger partial charge in [0.15, 0.2) is 0 Å². The van der Waals surface area contributed by atoms with Crippen LogP contribution in [0.3, 0.4) is 0 Å². The Labute approximate surface area is 121 Å². The molecule has 0 bridgehead atoms. The maximum Gasteiger partial charge on any atom is 0.213 e. The Morgan fingerprint density at radius 1 is 1.15 bits per heavy atom. The fraction of sp³-hybridized carbons (Fsp3) is 0.667. The molecule has 0 saturated heterocycles. The van der Waals surface area contributed by atoms with Crippen molar-refractivity contribution < 1.29 is 14.2 Å². The van der Waals surface area contributed by atoms with Crippen molar-refractivity contribution in [2.24, 2.45) is 0 Å². The van der Waals surface area contributed by atoms with Crippen LogP contribution in [0.4, 0.5) is 0 Å². The van der Waals surface area contributed by atoms with Crippen molar-refractivity contribution in [1.82, 2.24) is 10.3 Å². The van der Waals surface area contributed by atoms with Crippen LogP contribution in [0.1, 0.15) is 24.6 Å². The second kappa shape index (κ2) is 10.6. The highest BCUT2D eigenvalue weighted by molar-refractivity contribution is 5.24. The molecule has 0 atom stereocenters. The summed E-state index contributed by atoms with van der Waals surface area (Å²) in [6, 6.07) is 4.06. The lowest BCUT2D eigenvalue weighted by atomic mass is 10.2. The lowest BCUT2D eigenvalue weighted by Gasteiger charge is -2.09. The molecule has 1 aromatic heterocycles. The summed E-state index contributed by atoms with van der Waals surface area (Å²) < 4.78 is 15.9. The molecule has 1 N–H and O–H groups in total. The molecule has 0 saturated carbocycles. The van der Waals surface area contributed by atoms with Gasteiger partial charge in [-0.1, -0.05) is 6.92 Å². The monoisotopic (exact) mass is 282 g/mol. The van der Waals surface area contributed by atoms with Crippen LogP contribution in [0.25, 0.3) is 0 Å². The number of pyridine rings is 1. The van der Waals surface area contributed by atoms with Crippen LogP contribution in [0.5, 0.6) is 5.88 Å². The summed E-state index contributed by atoms with van der Waals surface area (Å²) >= 11 is 0. The molecule has 0 amide bonds. The van der Waals surface area contributed by atoms with E-state index in [2.05, 4.69) is 23.3 Å². The molecule has 0 aliphatic rings. The summed E-state index contributed by atoms with van der Waals surface area (Å²) in [4.78, 5) is 4.38. The molecule has 0 spiro atoms. The summed E-state index contributed by atoms with van der Waals surface area (Å²) in [5, 5.41) is 3.30. The van der Waals surface area contributed by atoms with Crippen LogP contribution < -0.4 is 10.1 Å². The standard InChI is InChI=1S/C15H26N2O3/c1-4-16-12-14-10-13(2)17-15(11-14)20-7-5-6-19-9-8-18-3/h10-11,16H,4-9,12H2,1-3H3. The fourth-order valence-corrected chi connectivity index (χ4v) is 1.73. The van der Waals surface area contributed by atoms with Gasteiger partial charge in [0, 0.05) is 38.4 Å². The Morgan fingerprint density at radius 2 is 2.00 bits per heavy atom. The highest BCUT2D eigenvalue weighted by Crippen LogP contribution is 2.12. The molecule has 114 valence electrons. The van der Waals surface area contributed by atoms with E-state index < -0.39 is 0 Å². The molecule has 0 aliphatic carbocycles. The summed E-state index contributed by atoms with van der Waals surface area (Å²) in [5.41, 5.74) is 2.18. The van der Waals surface area contributed by atoms with Gasteiger partial charge in [0.2, 0.25) is 5.88 Å². The van der Waals surface area contributed by atoms with Gasteiger partial charge in [-0.05, 0) is 25.1 Å². The highest BCUT2D eigenvalue weighted by Gasteiger charge is 2.01. The molecular weight excluding hydrogens is 256 g/mol. The molecule has 0 fully saturated rings. The van der Waals surface area contributed by atoms with Gasteiger partial charge in [-0.2, -0.15) is 0 Å². The first-order valence-electron chi connectivity index (χ1n) is 7.14. The molecule has 1 heterocycles. The number of hydrogen-bond donors (Lipinski definition) is 1. The lowest BCUT2D eigenvalue weighted by molar-refractivity contribution is 0.0642. The third-order valence-corrected chi connectivity index (χ3v) is 2.68. The van der Waals surface area contributed by atoms with Crippen molar-refractivity contribution in [2.45, 2.75) is 26.8 Å². The number of ether oxygens (including phenoxy) is 3. The van der Waals surface area contributed by atoms with Gasteiger partial charge >= 0.3 is 0 Å². The number of nitrogens with one attached hydrogen (secondary N) is 1. The highest BCUT2D eigenvalue weighted by atomic mass is 16.5. The van der Waals surface area contributed by atoms with E-state index in [-0.39, 0.29) is 0 Å². The third kappa shape index (κ3) is 7.43. The predicted octanol–water partition coefficient (Wildman–Crippen LogP) is 1.93. The van der Waals surface area contributed by atoms with Crippen molar-refractivity contribution >= 4 is 0 Å². The normalized spacial score (nSPS) is 10.8. The van der Waals surface area contributed by atoms with E-state index in [1.165, 1.54) is 5.56 Å². The number of nitrogens with zero attached hydrogens (tertiary/aromatic N) is 1. The Bertz CT molecular complexity index is 372. The van der Waals surface area contributed by atoms with Gasteiger partial charge in [-0.25, -0.2) is 4.98 Å². The molecule has 0 aromatic carbocycles. The van der Waals surface area contributed by atoms with Crippen LogP contribution in [-0.2, 0) is 16.0 Å². The maximum atomic E-state index is 5.66. The third-order valence-electron chi connectivity index (χ3n) is 2.68. The first-order valence-corrected chi connectivity index (χ1v) is 7.14. The van der Waals surface area contributed by atoms with Gasteiger partial charge in [0.1, 0.15) is 0 Å². The molecule has 0 aliphatic heterocycles. The second-order valence-corrected chi connectivity index (χ2v) is 4.54. The Hall–Kier alpha value is -1.17. The van der Waals surface area contributed by atoms with E-state index in [1.54, 1.807) is 7.11 Å². The summed E-state index contributed by atoms with van der Waals surface area (Å²) in [6.45, 7) is 8.43. The van der Waals surface area contributed by atoms with E-state index >= 15 is 0 Å².